The summed E-state index contributed by atoms with van der Waals surface area (Å²) in [7, 11) is 0. The third kappa shape index (κ3) is 5.27. The quantitative estimate of drug-likeness (QED) is 0.375. The van der Waals surface area contributed by atoms with Crippen molar-refractivity contribution in [2.45, 2.75) is 45.8 Å². The molecule has 170 valence electrons. The zero-order chi connectivity index (χ0) is 23.5. The lowest BCUT2D eigenvalue weighted by atomic mass is 9.98. The molecule has 0 radical (unpaired) electrons. The van der Waals surface area contributed by atoms with Gasteiger partial charge in [-0.05, 0) is 62.2 Å². The molecule has 1 heterocycles. The number of carbonyl (C=O) groups is 1. The average molecular weight is 447 g/mol. The highest BCUT2D eigenvalue weighted by Gasteiger charge is 2.35. The first-order valence-corrected chi connectivity index (χ1v) is 10.3. The Labute approximate surface area is 182 Å². The summed E-state index contributed by atoms with van der Waals surface area (Å²) >= 11 is 0. The number of esters is 1. The minimum Gasteiger partial charge on any atom is -0.462 e. The van der Waals surface area contributed by atoms with Crippen molar-refractivity contribution in [2.75, 3.05) is 11.9 Å². The molecule has 0 aliphatic heterocycles. The van der Waals surface area contributed by atoms with Gasteiger partial charge in [-0.3, -0.25) is 4.79 Å². The number of carbonyl (C=O) groups excluding carboxylic acids is 1. The van der Waals surface area contributed by atoms with E-state index in [9.17, 15) is 22.8 Å². The summed E-state index contributed by atoms with van der Waals surface area (Å²) in [5, 5.41) is 3.08. The standard InChI is InChI=1S/C23H24F3N3O3/c1-4-5-10-32-22(31)15-6-8-16(9-7-15)27-13(2)17-11-18-20(12-19(17)23(24,25)26)28-14(3)29-21(18)30/h6-9,11-13,27H,4-5,10H2,1-3H3,(H,28,29,30)/t13-/m0/s1. The number of alkyl halides is 3. The van der Waals surface area contributed by atoms with Gasteiger partial charge in [-0.25, -0.2) is 9.78 Å². The van der Waals surface area contributed by atoms with E-state index in [0.717, 1.165) is 18.9 Å². The molecule has 0 amide bonds. The van der Waals surface area contributed by atoms with Crippen molar-refractivity contribution in [1.82, 2.24) is 9.97 Å². The number of aromatic amines is 1. The molecule has 0 aliphatic rings. The number of aromatic nitrogens is 2. The first-order chi connectivity index (χ1) is 15.1. The fraction of sp³-hybridized carbons (Fsp3) is 0.348. The van der Waals surface area contributed by atoms with E-state index in [1.165, 1.54) is 13.0 Å². The number of ether oxygens (including phenoxy) is 1. The van der Waals surface area contributed by atoms with E-state index in [2.05, 4.69) is 15.3 Å². The molecular formula is C23H24F3N3O3. The summed E-state index contributed by atoms with van der Waals surface area (Å²) in [4.78, 5) is 30.8. The molecule has 2 N–H and O–H groups in total. The topological polar surface area (TPSA) is 84.1 Å². The summed E-state index contributed by atoms with van der Waals surface area (Å²) in [6, 6.07) is 7.63. The second kappa shape index (κ2) is 9.42. The van der Waals surface area contributed by atoms with Gasteiger partial charge in [-0.15, -0.1) is 0 Å². The number of nitrogens with one attached hydrogen (secondary N) is 2. The van der Waals surface area contributed by atoms with Gasteiger partial charge in [0, 0.05) is 11.7 Å². The molecule has 9 heteroatoms. The lowest BCUT2D eigenvalue weighted by molar-refractivity contribution is -0.138. The number of H-pyrrole nitrogens is 1. The van der Waals surface area contributed by atoms with Gasteiger partial charge in [-0.1, -0.05) is 13.3 Å². The molecule has 1 atom stereocenters. The second-order valence-corrected chi connectivity index (χ2v) is 7.54. The molecular weight excluding hydrogens is 423 g/mol. The molecule has 6 nitrogen and oxygen atoms in total. The van der Waals surface area contributed by atoms with Crippen LogP contribution in [-0.4, -0.2) is 22.5 Å². The van der Waals surface area contributed by atoms with Crippen LogP contribution in [0.25, 0.3) is 10.9 Å². The van der Waals surface area contributed by atoms with Crippen molar-refractivity contribution in [3.8, 4) is 0 Å². The van der Waals surface area contributed by atoms with Crippen molar-refractivity contribution in [3.63, 3.8) is 0 Å². The summed E-state index contributed by atoms with van der Waals surface area (Å²) in [5.74, 6) is -0.211. The van der Waals surface area contributed by atoms with Crippen LogP contribution >= 0.6 is 0 Å². The fourth-order valence-electron chi connectivity index (χ4n) is 3.35. The summed E-state index contributed by atoms with van der Waals surface area (Å²) in [5.41, 5.74) is -0.579. The first-order valence-electron chi connectivity index (χ1n) is 10.3. The minimum absolute atomic E-state index is 0.0135. The van der Waals surface area contributed by atoms with Crippen LogP contribution in [0.1, 0.15) is 60.0 Å². The van der Waals surface area contributed by atoms with E-state index in [1.54, 1.807) is 31.2 Å². The fourth-order valence-corrected chi connectivity index (χ4v) is 3.35. The van der Waals surface area contributed by atoms with Crippen LogP contribution in [0.2, 0.25) is 0 Å². The molecule has 0 unspecified atom stereocenters. The predicted octanol–water partition coefficient (Wildman–Crippen LogP) is 5.38. The van der Waals surface area contributed by atoms with Gasteiger partial charge in [0.1, 0.15) is 5.82 Å². The maximum Gasteiger partial charge on any atom is 0.416 e. The Kier molecular flexibility index (Phi) is 6.86. The zero-order valence-corrected chi connectivity index (χ0v) is 18.0. The van der Waals surface area contributed by atoms with E-state index in [4.69, 9.17) is 4.74 Å². The monoisotopic (exact) mass is 447 g/mol. The van der Waals surface area contributed by atoms with E-state index in [1.807, 2.05) is 6.92 Å². The van der Waals surface area contributed by atoms with Crippen molar-refractivity contribution in [1.29, 1.82) is 0 Å². The number of anilines is 1. The molecule has 32 heavy (non-hydrogen) atoms. The van der Waals surface area contributed by atoms with Gasteiger partial charge in [0.2, 0.25) is 0 Å². The van der Waals surface area contributed by atoms with E-state index in [0.29, 0.717) is 17.9 Å². The van der Waals surface area contributed by atoms with Crippen LogP contribution in [-0.2, 0) is 10.9 Å². The zero-order valence-electron chi connectivity index (χ0n) is 18.0. The van der Waals surface area contributed by atoms with Crippen LogP contribution in [0, 0.1) is 6.92 Å². The van der Waals surface area contributed by atoms with Crippen molar-refractivity contribution in [3.05, 3.63) is 69.3 Å². The second-order valence-electron chi connectivity index (χ2n) is 7.54. The van der Waals surface area contributed by atoms with Gasteiger partial charge in [0.15, 0.2) is 0 Å². The Balaban J connectivity index is 1.88. The number of aryl methyl sites for hydroxylation is 1. The van der Waals surface area contributed by atoms with Crippen molar-refractivity contribution in [2.24, 2.45) is 0 Å². The van der Waals surface area contributed by atoms with Crippen LogP contribution in [0.15, 0.2) is 41.2 Å². The van der Waals surface area contributed by atoms with Crippen LogP contribution in [0.4, 0.5) is 18.9 Å². The van der Waals surface area contributed by atoms with Gasteiger partial charge in [0.05, 0.1) is 28.6 Å². The maximum atomic E-state index is 13.8. The molecule has 1 aromatic heterocycles. The van der Waals surface area contributed by atoms with Crippen molar-refractivity contribution < 1.29 is 22.7 Å². The highest BCUT2D eigenvalue weighted by molar-refractivity contribution is 5.89. The first kappa shape index (κ1) is 23.3. The smallest absolute Gasteiger partial charge is 0.416 e. The summed E-state index contributed by atoms with van der Waals surface area (Å²) in [6.45, 7) is 5.40. The lowest BCUT2D eigenvalue weighted by Crippen LogP contribution is -2.18. The van der Waals surface area contributed by atoms with Gasteiger partial charge >= 0.3 is 12.1 Å². The summed E-state index contributed by atoms with van der Waals surface area (Å²) in [6.07, 6.45) is -2.94. The normalized spacial score (nSPS) is 12.6. The van der Waals surface area contributed by atoms with Gasteiger partial charge < -0.3 is 15.0 Å². The molecule has 0 bridgehead atoms. The highest BCUT2D eigenvalue weighted by atomic mass is 19.4. The van der Waals surface area contributed by atoms with Crippen LogP contribution in [0.3, 0.4) is 0 Å². The average Bonchev–Trinajstić information content (AvgIpc) is 2.72. The Morgan fingerprint density at radius 1 is 1.22 bits per heavy atom. The minimum atomic E-state index is -4.62. The van der Waals surface area contributed by atoms with Crippen LogP contribution in [0.5, 0.6) is 0 Å². The number of hydrogen-bond acceptors (Lipinski definition) is 5. The number of hydrogen-bond donors (Lipinski definition) is 2. The molecule has 0 fully saturated rings. The Hall–Kier alpha value is -3.36. The maximum absolute atomic E-state index is 13.8. The molecule has 0 spiro atoms. The Bertz CT molecular complexity index is 1170. The van der Waals surface area contributed by atoms with Crippen molar-refractivity contribution >= 4 is 22.6 Å². The van der Waals surface area contributed by atoms with Gasteiger partial charge in [0.25, 0.3) is 5.56 Å². The van der Waals surface area contributed by atoms with E-state index in [-0.39, 0.29) is 22.3 Å². The van der Waals surface area contributed by atoms with E-state index >= 15 is 0 Å². The molecule has 0 aliphatic carbocycles. The van der Waals surface area contributed by atoms with Crippen LogP contribution < -0.4 is 10.9 Å². The third-order valence-corrected chi connectivity index (χ3v) is 5.00. The van der Waals surface area contributed by atoms with E-state index < -0.39 is 29.3 Å². The summed E-state index contributed by atoms with van der Waals surface area (Å²) < 4.78 is 46.4. The molecule has 0 saturated heterocycles. The molecule has 3 rings (SSSR count). The number of rotatable bonds is 7. The number of halogens is 3. The number of fused-ring (bicyclic) bond motifs is 1. The largest absolute Gasteiger partial charge is 0.462 e. The Morgan fingerprint density at radius 2 is 1.91 bits per heavy atom. The molecule has 3 aromatic rings. The predicted molar refractivity (Wildman–Crippen MR) is 116 cm³/mol. The molecule has 2 aromatic carbocycles. The number of nitrogens with zero attached hydrogens (tertiary/aromatic N) is 1. The lowest BCUT2D eigenvalue weighted by Gasteiger charge is -2.21. The SMILES string of the molecule is CCCCOC(=O)c1ccc(N[C@@H](C)c2cc3c(=O)[nH]c(C)nc3cc2C(F)(F)F)cc1. The van der Waals surface area contributed by atoms with Gasteiger partial charge in [-0.2, -0.15) is 13.2 Å². The third-order valence-electron chi connectivity index (χ3n) is 5.00. The Morgan fingerprint density at radius 3 is 2.53 bits per heavy atom. The number of unbranched alkanes of at least 4 members (excludes halogenated alkanes) is 1. The number of benzene rings is 2. The highest BCUT2D eigenvalue weighted by Crippen LogP contribution is 2.37. The molecule has 0 saturated carbocycles.